The predicted octanol–water partition coefficient (Wildman–Crippen LogP) is 2.49. The first kappa shape index (κ1) is 11.8. The van der Waals surface area contributed by atoms with Gasteiger partial charge in [0.25, 0.3) is 0 Å². The summed E-state index contributed by atoms with van der Waals surface area (Å²) in [5, 5.41) is 9.91. The monoisotopic (exact) mass is 238 g/mol. The summed E-state index contributed by atoms with van der Waals surface area (Å²) in [5.41, 5.74) is 0. The molecule has 88 valence electrons. The van der Waals surface area contributed by atoms with E-state index in [0.29, 0.717) is 0 Å². The highest BCUT2D eigenvalue weighted by molar-refractivity contribution is 7.85. The maximum absolute atomic E-state index is 12.3. The molecular formula is C13H18O2S. The highest BCUT2D eigenvalue weighted by Crippen LogP contribution is 2.25. The predicted molar refractivity (Wildman–Crippen MR) is 65.7 cm³/mol. The quantitative estimate of drug-likeness (QED) is 0.804. The second-order valence-electron chi connectivity index (χ2n) is 4.35. The Hall–Kier alpha value is -0.670. The highest BCUT2D eigenvalue weighted by Gasteiger charge is 2.27. The van der Waals surface area contributed by atoms with Gasteiger partial charge < -0.3 is 5.11 Å². The number of aliphatic hydroxyl groups is 1. The Morgan fingerprint density at radius 2 is 1.75 bits per heavy atom. The van der Waals surface area contributed by atoms with Gasteiger partial charge in [-0.1, -0.05) is 37.5 Å². The van der Waals surface area contributed by atoms with Gasteiger partial charge in [0.2, 0.25) is 0 Å². The number of hydrogen-bond acceptors (Lipinski definition) is 2. The number of rotatable bonds is 2. The SMILES string of the molecule is O=S(c1ccccc1)[C@@H]1CCCCC[C@H]1O. The molecule has 2 rings (SSSR count). The highest BCUT2D eigenvalue weighted by atomic mass is 32.2. The summed E-state index contributed by atoms with van der Waals surface area (Å²) in [6.07, 6.45) is 4.57. The van der Waals surface area contributed by atoms with Crippen molar-refractivity contribution in [3.63, 3.8) is 0 Å². The largest absolute Gasteiger partial charge is 0.392 e. The number of hydrogen-bond donors (Lipinski definition) is 1. The Bertz CT molecular complexity index is 350. The van der Waals surface area contributed by atoms with Gasteiger partial charge in [0.15, 0.2) is 0 Å². The first-order valence-electron chi connectivity index (χ1n) is 5.93. The molecule has 0 spiro atoms. The molecular weight excluding hydrogens is 220 g/mol. The minimum atomic E-state index is -1.06. The first-order chi connectivity index (χ1) is 7.79. The summed E-state index contributed by atoms with van der Waals surface area (Å²) >= 11 is 0. The van der Waals surface area contributed by atoms with Crippen LogP contribution in [0.5, 0.6) is 0 Å². The zero-order chi connectivity index (χ0) is 11.4. The standard InChI is InChI=1S/C13H18O2S/c14-12-9-5-2-6-10-13(12)16(15)11-7-3-1-4-8-11/h1,3-4,7-8,12-14H,2,5-6,9-10H2/t12-,13-,16?/m1/s1. The van der Waals surface area contributed by atoms with Crippen LogP contribution >= 0.6 is 0 Å². The summed E-state index contributed by atoms with van der Waals surface area (Å²) in [4.78, 5) is 0.841. The zero-order valence-corrected chi connectivity index (χ0v) is 10.2. The van der Waals surface area contributed by atoms with Gasteiger partial charge in [-0.2, -0.15) is 0 Å². The van der Waals surface area contributed by atoms with Crippen LogP contribution in [0.25, 0.3) is 0 Å². The van der Waals surface area contributed by atoms with Crippen molar-refractivity contribution in [1.82, 2.24) is 0 Å². The summed E-state index contributed by atoms with van der Waals surface area (Å²) in [6, 6.07) is 9.48. The summed E-state index contributed by atoms with van der Waals surface area (Å²) in [7, 11) is -1.06. The van der Waals surface area contributed by atoms with Gasteiger partial charge in [-0.15, -0.1) is 0 Å². The van der Waals surface area contributed by atoms with E-state index in [1.54, 1.807) is 0 Å². The molecule has 0 heterocycles. The van der Waals surface area contributed by atoms with Crippen molar-refractivity contribution in [1.29, 1.82) is 0 Å². The van der Waals surface area contributed by atoms with Crippen LogP contribution in [-0.2, 0) is 10.8 Å². The molecule has 2 nitrogen and oxygen atoms in total. The van der Waals surface area contributed by atoms with Crippen LogP contribution in [0.15, 0.2) is 35.2 Å². The molecule has 0 amide bonds. The fourth-order valence-electron chi connectivity index (χ4n) is 2.23. The molecule has 1 aliphatic rings. The molecule has 1 N–H and O–H groups in total. The Labute approximate surface area is 99.1 Å². The van der Waals surface area contributed by atoms with Gasteiger partial charge in [0.1, 0.15) is 0 Å². The van der Waals surface area contributed by atoms with E-state index < -0.39 is 16.9 Å². The molecule has 0 bridgehead atoms. The van der Waals surface area contributed by atoms with E-state index >= 15 is 0 Å². The summed E-state index contributed by atoms with van der Waals surface area (Å²) in [5.74, 6) is 0. The van der Waals surface area contributed by atoms with Crippen LogP contribution in [0.2, 0.25) is 0 Å². The second kappa shape index (κ2) is 5.60. The van der Waals surface area contributed by atoms with Crippen LogP contribution in [0.4, 0.5) is 0 Å². The first-order valence-corrected chi connectivity index (χ1v) is 7.14. The van der Waals surface area contributed by atoms with Crippen LogP contribution in [0.3, 0.4) is 0 Å². The molecule has 1 fully saturated rings. The maximum Gasteiger partial charge on any atom is 0.0687 e. The second-order valence-corrected chi connectivity index (χ2v) is 6.03. The van der Waals surface area contributed by atoms with E-state index in [0.717, 1.165) is 37.0 Å². The van der Waals surface area contributed by atoms with Crippen molar-refractivity contribution >= 4 is 10.8 Å². The minimum absolute atomic E-state index is 0.0788. The van der Waals surface area contributed by atoms with Crippen molar-refractivity contribution in [2.24, 2.45) is 0 Å². The van der Waals surface area contributed by atoms with E-state index in [1.165, 1.54) is 0 Å². The van der Waals surface area contributed by atoms with Crippen molar-refractivity contribution < 1.29 is 9.32 Å². The smallest absolute Gasteiger partial charge is 0.0687 e. The van der Waals surface area contributed by atoms with E-state index in [2.05, 4.69) is 0 Å². The molecule has 0 radical (unpaired) electrons. The van der Waals surface area contributed by atoms with Gasteiger partial charge in [-0.05, 0) is 25.0 Å². The molecule has 1 unspecified atom stereocenters. The van der Waals surface area contributed by atoms with Crippen molar-refractivity contribution in [3.8, 4) is 0 Å². The normalized spacial score (nSPS) is 28.3. The van der Waals surface area contributed by atoms with Crippen LogP contribution < -0.4 is 0 Å². The lowest BCUT2D eigenvalue weighted by Crippen LogP contribution is -2.29. The lowest BCUT2D eigenvalue weighted by molar-refractivity contribution is 0.161. The van der Waals surface area contributed by atoms with Gasteiger partial charge in [-0.25, -0.2) is 0 Å². The Balaban J connectivity index is 2.14. The van der Waals surface area contributed by atoms with E-state index in [4.69, 9.17) is 0 Å². The topological polar surface area (TPSA) is 37.3 Å². The van der Waals surface area contributed by atoms with Crippen molar-refractivity contribution in [2.45, 2.75) is 48.4 Å². The average molecular weight is 238 g/mol. The molecule has 3 atom stereocenters. The zero-order valence-electron chi connectivity index (χ0n) is 9.34. The molecule has 3 heteroatoms. The van der Waals surface area contributed by atoms with E-state index in [1.807, 2.05) is 30.3 Å². The minimum Gasteiger partial charge on any atom is -0.392 e. The van der Waals surface area contributed by atoms with Crippen LogP contribution in [-0.4, -0.2) is 20.7 Å². The molecule has 0 saturated heterocycles. The molecule has 1 saturated carbocycles. The maximum atomic E-state index is 12.3. The molecule has 0 aliphatic heterocycles. The Morgan fingerprint density at radius 1 is 1.06 bits per heavy atom. The van der Waals surface area contributed by atoms with Gasteiger partial charge in [0.05, 0.1) is 22.2 Å². The van der Waals surface area contributed by atoms with Crippen LogP contribution in [0.1, 0.15) is 32.1 Å². The molecule has 0 aromatic heterocycles. The number of benzene rings is 1. The summed E-state index contributed by atoms with van der Waals surface area (Å²) < 4.78 is 12.3. The third-order valence-electron chi connectivity index (χ3n) is 3.17. The van der Waals surface area contributed by atoms with Crippen molar-refractivity contribution in [2.75, 3.05) is 0 Å². The molecule has 1 aliphatic carbocycles. The molecule has 1 aromatic rings. The molecule has 1 aromatic carbocycles. The Kier molecular flexibility index (Phi) is 4.13. The van der Waals surface area contributed by atoms with Gasteiger partial charge in [0, 0.05) is 4.90 Å². The third-order valence-corrected chi connectivity index (χ3v) is 5.00. The molecule has 16 heavy (non-hydrogen) atoms. The Morgan fingerprint density at radius 3 is 2.50 bits per heavy atom. The fraction of sp³-hybridized carbons (Fsp3) is 0.538. The number of aliphatic hydroxyl groups excluding tert-OH is 1. The van der Waals surface area contributed by atoms with Gasteiger partial charge in [-0.3, -0.25) is 4.21 Å². The summed E-state index contributed by atoms with van der Waals surface area (Å²) in [6.45, 7) is 0. The lowest BCUT2D eigenvalue weighted by atomic mass is 10.1. The average Bonchev–Trinajstić information content (AvgIpc) is 2.54. The third kappa shape index (κ3) is 2.71. The fourth-order valence-corrected chi connectivity index (χ4v) is 3.81. The van der Waals surface area contributed by atoms with Gasteiger partial charge >= 0.3 is 0 Å². The lowest BCUT2D eigenvalue weighted by Gasteiger charge is -2.19. The van der Waals surface area contributed by atoms with E-state index in [9.17, 15) is 9.32 Å². The van der Waals surface area contributed by atoms with Crippen LogP contribution in [0, 0.1) is 0 Å². The van der Waals surface area contributed by atoms with Crippen molar-refractivity contribution in [3.05, 3.63) is 30.3 Å². The van der Waals surface area contributed by atoms with E-state index in [-0.39, 0.29) is 5.25 Å².